The largest absolute Gasteiger partial charge is 0.391 e. The molecule has 128 valence electrons. The van der Waals surface area contributed by atoms with E-state index in [1.807, 2.05) is 0 Å². The Balaban J connectivity index is 1.70. The van der Waals surface area contributed by atoms with Crippen molar-refractivity contribution in [2.75, 3.05) is 19.3 Å². The maximum atomic E-state index is 11.9. The molecule has 0 radical (unpaired) electrons. The third kappa shape index (κ3) is 3.72. The van der Waals surface area contributed by atoms with Gasteiger partial charge < -0.3 is 5.11 Å². The summed E-state index contributed by atoms with van der Waals surface area (Å²) in [7, 11) is -3.30. The van der Waals surface area contributed by atoms with Crippen LogP contribution in [0.2, 0.25) is 0 Å². The average Bonchev–Trinajstić information content (AvgIpc) is 2.55. The van der Waals surface area contributed by atoms with Crippen LogP contribution in [0.4, 0.5) is 0 Å². The summed E-state index contributed by atoms with van der Waals surface area (Å²) in [6.45, 7) is 1.78. The molecule has 2 fully saturated rings. The fourth-order valence-electron chi connectivity index (χ4n) is 3.94. The zero-order valence-electron chi connectivity index (χ0n) is 13.6. The molecular weight excluding hydrogens is 314 g/mol. The van der Waals surface area contributed by atoms with E-state index >= 15 is 0 Å². The van der Waals surface area contributed by atoms with E-state index in [0.29, 0.717) is 5.69 Å². The lowest BCUT2D eigenvalue weighted by atomic mass is 9.87. The average molecular weight is 339 g/mol. The van der Waals surface area contributed by atoms with Crippen molar-refractivity contribution in [2.45, 2.75) is 61.5 Å². The molecule has 3 rings (SSSR count). The predicted molar refractivity (Wildman–Crippen MR) is 87.0 cm³/mol. The molecule has 2 heterocycles. The number of aliphatic hydroxyl groups is 1. The van der Waals surface area contributed by atoms with Crippen molar-refractivity contribution in [1.29, 1.82) is 0 Å². The van der Waals surface area contributed by atoms with Crippen LogP contribution in [0.15, 0.2) is 17.4 Å². The lowest BCUT2D eigenvalue weighted by Gasteiger charge is -2.41. The summed E-state index contributed by atoms with van der Waals surface area (Å²) < 4.78 is 23.9. The highest BCUT2D eigenvalue weighted by Gasteiger charge is 2.33. The van der Waals surface area contributed by atoms with E-state index in [9.17, 15) is 13.5 Å². The van der Waals surface area contributed by atoms with Gasteiger partial charge in [-0.15, -0.1) is 0 Å². The molecule has 1 aromatic rings. The number of hydrogen-bond donors (Lipinski definition) is 1. The molecule has 1 saturated heterocycles. The first-order chi connectivity index (χ1) is 11.0. The van der Waals surface area contributed by atoms with Gasteiger partial charge in [-0.05, 0) is 38.8 Å². The number of aromatic nitrogens is 2. The first kappa shape index (κ1) is 16.8. The Kier molecular flexibility index (Phi) is 4.98. The molecule has 7 heteroatoms. The van der Waals surface area contributed by atoms with Gasteiger partial charge in [0.25, 0.3) is 0 Å². The fourth-order valence-corrected chi connectivity index (χ4v) is 4.79. The van der Waals surface area contributed by atoms with Gasteiger partial charge in [0.05, 0.1) is 11.8 Å². The molecule has 2 unspecified atom stereocenters. The van der Waals surface area contributed by atoms with Crippen LogP contribution in [0, 0.1) is 0 Å². The molecule has 1 N–H and O–H groups in total. The smallest absolute Gasteiger partial charge is 0.178 e. The first-order valence-electron chi connectivity index (χ1n) is 8.39. The van der Waals surface area contributed by atoms with Crippen LogP contribution in [0.25, 0.3) is 0 Å². The van der Waals surface area contributed by atoms with E-state index in [4.69, 9.17) is 0 Å². The van der Waals surface area contributed by atoms with E-state index in [0.717, 1.165) is 45.2 Å². The van der Waals surface area contributed by atoms with Crippen molar-refractivity contribution in [1.82, 2.24) is 14.9 Å². The van der Waals surface area contributed by atoms with Gasteiger partial charge in [-0.3, -0.25) is 4.90 Å². The highest BCUT2D eigenvalue weighted by atomic mass is 32.2. The van der Waals surface area contributed by atoms with Gasteiger partial charge in [0.2, 0.25) is 0 Å². The number of aliphatic hydroxyl groups excluding tert-OH is 1. The Morgan fingerprint density at radius 2 is 1.87 bits per heavy atom. The van der Waals surface area contributed by atoms with E-state index in [1.165, 1.54) is 25.2 Å². The summed E-state index contributed by atoms with van der Waals surface area (Å²) in [6.07, 6.45) is 9.86. The van der Waals surface area contributed by atoms with Crippen molar-refractivity contribution < 1.29 is 13.5 Å². The van der Waals surface area contributed by atoms with Gasteiger partial charge >= 0.3 is 0 Å². The Morgan fingerprint density at radius 3 is 2.52 bits per heavy atom. The van der Waals surface area contributed by atoms with E-state index in [1.54, 1.807) is 0 Å². The molecule has 0 amide bonds. The maximum absolute atomic E-state index is 11.9. The lowest BCUT2D eigenvalue weighted by Crippen LogP contribution is -2.48. The predicted octanol–water partition coefficient (Wildman–Crippen LogP) is 1.36. The van der Waals surface area contributed by atoms with Crippen LogP contribution in [0.3, 0.4) is 0 Å². The fraction of sp³-hybridized carbons (Fsp3) is 0.750. The van der Waals surface area contributed by atoms with Gasteiger partial charge in [-0.2, -0.15) is 0 Å². The Labute approximate surface area is 137 Å². The van der Waals surface area contributed by atoms with Gasteiger partial charge in [0.15, 0.2) is 9.84 Å². The van der Waals surface area contributed by atoms with E-state index in [-0.39, 0.29) is 23.0 Å². The monoisotopic (exact) mass is 339 g/mol. The summed E-state index contributed by atoms with van der Waals surface area (Å²) in [4.78, 5) is 10.8. The standard InChI is InChI=1S/C16H25N3O3S/c1-23(21,22)15-10-17-11-18-16(15)12-6-8-19(9-7-12)13-4-2-3-5-14(13)20/h10-14,20H,2-9H2,1H3. The van der Waals surface area contributed by atoms with Crippen molar-refractivity contribution >= 4 is 9.84 Å². The van der Waals surface area contributed by atoms with Crippen LogP contribution < -0.4 is 0 Å². The van der Waals surface area contributed by atoms with Gasteiger partial charge in [0, 0.05) is 24.4 Å². The molecule has 0 spiro atoms. The van der Waals surface area contributed by atoms with Gasteiger partial charge in [-0.1, -0.05) is 12.8 Å². The van der Waals surface area contributed by atoms with Gasteiger partial charge in [-0.25, -0.2) is 18.4 Å². The number of hydrogen-bond acceptors (Lipinski definition) is 6. The zero-order valence-corrected chi connectivity index (χ0v) is 14.4. The van der Waals surface area contributed by atoms with Crippen LogP contribution >= 0.6 is 0 Å². The van der Waals surface area contributed by atoms with Crippen molar-refractivity contribution in [3.05, 3.63) is 18.2 Å². The summed E-state index contributed by atoms with van der Waals surface area (Å²) >= 11 is 0. The van der Waals surface area contributed by atoms with E-state index in [2.05, 4.69) is 14.9 Å². The molecule has 0 bridgehead atoms. The normalized spacial score (nSPS) is 27.9. The molecule has 2 atom stereocenters. The highest BCUT2D eigenvalue weighted by molar-refractivity contribution is 7.90. The minimum Gasteiger partial charge on any atom is -0.391 e. The van der Waals surface area contributed by atoms with E-state index < -0.39 is 9.84 Å². The molecule has 1 aromatic heterocycles. The topological polar surface area (TPSA) is 83.4 Å². The second kappa shape index (κ2) is 6.83. The molecule has 23 heavy (non-hydrogen) atoms. The second-order valence-electron chi connectivity index (χ2n) is 6.77. The van der Waals surface area contributed by atoms with Crippen molar-refractivity contribution in [2.24, 2.45) is 0 Å². The lowest BCUT2D eigenvalue weighted by molar-refractivity contribution is 0.00841. The highest BCUT2D eigenvalue weighted by Crippen LogP contribution is 2.33. The van der Waals surface area contributed by atoms with Crippen LogP contribution in [-0.4, -0.2) is 59.9 Å². The maximum Gasteiger partial charge on any atom is 0.178 e. The molecule has 6 nitrogen and oxygen atoms in total. The number of sulfone groups is 1. The minimum absolute atomic E-state index is 0.153. The second-order valence-corrected chi connectivity index (χ2v) is 8.76. The SMILES string of the molecule is CS(=O)(=O)c1cncnc1C1CCN(C2CCCCC2O)CC1. The summed E-state index contributed by atoms with van der Waals surface area (Å²) in [5.41, 5.74) is 0.659. The minimum atomic E-state index is -3.30. The summed E-state index contributed by atoms with van der Waals surface area (Å²) in [6, 6.07) is 0.268. The van der Waals surface area contributed by atoms with Crippen molar-refractivity contribution in [3.63, 3.8) is 0 Å². The molecule has 0 aromatic carbocycles. The van der Waals surface area contributed by atoms with Crippen LogP contribution in [-0.2, 0) is 9.84 Å². The molecule has 2 aliphatic rings. The van der Waals surface area contributed by atoms with Gasteiger partial charge in [0.1, 0.15) is 11.2 Å². The Morgan fingerprint density at radius 1 is 1.17 bits per heavy atom. The summed E-state index contributed by atoms with van der Waals surface area (Å²) in [5, 5.41) is 10.2. The number of nitrogens with zero attached hydrogens (tertiary/aromatic N) is 3. The zero-order chi connectivity index (χ0) is 16.4. The van der Waals surface area contributed by atoms with Crippen LogP contribution in [0.1, 0.15) is 50.1 Å². The number of piperidine rings is 1. The van der Waals surface area contributed by atoms with Crippen molar-refractivity contribution in [3.8, 4) is 0 Å². The quantitative estimate of drug-likeness (QED) is 0.895. The summed E-state index contributed by atoms with van der Waals surface area (Å²) in [5.74, 6) is 0.153. The number of rotatable bonds is 3. The molecular formula is C16H25N3O3S. The van der Waals surface area contributed by atoms with Crippen LogP contribution in [0.5, 0.6) is 0 Å². The third-order valence-electron chi connectivity index (χ3n) is 5.19. The Bertz CT molecular complexity index is 642. The molecule has 1 aliphatic heterocycles. The third-order valence-corrected chi connectivity index (χ3v) is 6.30. The molecule has 1 aliphatic carbocycles. The Hall–Kier alpha value is -1.05. The molecule has 1 saturated carbocycles. The number of likely N-dealkylation sites (tertiary alicyclic amines) is 1. The first-order valence-corrected chi connectivity index (χ1v) is 10.3.